The highest BCUT2D eigenvalue weighted by atomic mass is 16.6. The molecule has 1 aliphatic heterocycles. The largest absolute Gasteiger partial charge is 0.480 e. The van der Waals surface area contributed by atoms with Crippen LogP contribution in [0.5, 0.6) is 0 Å². The molecule has 1 aromatic carbocycles. The molecular weight excluding hydrogens is 280 g/mol. The molecule has 21 heavy (non-hydrogen) atoms. The van der Waals surface area contributed by atoms with Crippen molar-refractivity contribution in [3.63, 3.8) is 0 Å². The van der Waals surface area contributed by atoms with Crippen molar-refractivity contribution in [3.8, 4) is 0 Å². The van der Waals surface area contributed by atoms with E-state index in [2.05, 4.69) is 5.32 Å². The minimum atomic E-state index is -1.35. The Hall–Kier alpha value is -2.48. The quantitative estimate of drug-likeness (QED) is 0.630. The van der Waals surface area contributed by atoms with Gasteiger partial charge in [0.05, 0.1) is 4.92 Å². The van der Waals surface area contributed by atoms with Crippen molar-refractivity contribution in [2.45, 2.75) is 18.4 Å². The van der Waals surface area contributed by atoms with Crippen molar-refractivity contribution in [3.05, 3.63) is 39.9 Å². The van der Waals surface area contributed by atoms with Gasteiger partial charge in [-0.3, -0.25) is 14.9 Å². The molecule has 0 aliphatic carbocycles. The molecule has 2 N–H and O–H groups in total. The highest BCUT2D eigenvalue weighted by Crippen LogP contribution is 2.22. The summed E-state index contributed by atoms with van der Waals surface area (Å²) in [7, 11) is 0. The molecule has 0 unspecified atom stereocenters. The summed E-state index contributed by atoms with van der Waals surface area (Å²) in [6, 6.07) is 4.99. The standard InChI is InChI=1S/C13H14N2O6/c16-11(9-1-3-10(4-2-9)15(19)20)14-13(12(17)18)5-7-21-8-6-13/h1-4H,5-8H2,(H,14,16)(H,17,18). The van der Waals surface area contributed by atoms with Crippen LogP contribution in [0, 0.1) is 10.1 Å². The second-order valence-corrected chi connectivity index (χ2v) is 4.76. The van der Waals surface area contributed by atoms with Crippen LogP contribution in [0.4, 0.5) is 5.69 Å². The van der Waals surface area contributed by atoms with Crippen molar-refractivity contribution >= 4 is 17.6 Å². The first kappa shape index (κ1) is 14.9. The number of ether oxygens (including phenoxy) is 1. The smallest absolute Gasteiger partial charge is 0.329 e. The Bertz CT molecular complexity index is 563. The number of amides is 1. The normalized spacial score (nSPS) is 17.0. The number of aliphatic carboxylic acids is 1. The predicted molar refractivity (Wildman–Crippen MR) is 71.0 cm³/mol. The third-order valence-electron chi connectivity index (χ3n) is 3.45. The Labute approximate surface area is 119 Å². The van der Waals surface area contributed by atoms with Crippen LogP contribution < -0.4 is 5.32 Å². The molecule has 0 spiro atoms. The lowest BCUT2D eigenvalue weighted by atomic mass is 9.89. The van der Waals surface area contributed by atoms with Crippen molar-refractivity contribution in [1.29, 1.82) is 0 Å². The average Bonchev–Trinajstić information content (AvgIpc) is 2.48. The number of carbonyl (C=O) groups is 2. The molecule has 1 aliphatic rings. The molecule has 8 heteroatoms. The van der Waals surface area contributed by atoms with Gasteiger partial charge in [-0.25, -0.2) is 4.79 Å². The number of carbonyl (C=O) groups excluding carboxylic acids is 1. The summed E-state index contributed by atoms with van der Waals surface area (Å²) in [5.74, 6) is -1.68. The number of nitro benzene ring substituents is 1. The molecule has 1 amide bonds. The second-order valence-electron chi connectivity index (χ2n) is 4.76. The third kappa shape index (κ3) is 3.16. The highest BCUT2D eigenvalue weighted by molar-refractivity contribution is 5.98. The average molecular weight is 294 g/mol. The van der Waals surface area contributed by atoms with Crippen LogP contribution in [-0.4, -0.2) is 40.7 Å². The van der Waals surface area contributed by atoms with Gasteiger partial charge >= 0.3 is 5.97 Å². The number of benzene rings is 1. The van der Waals surface area contributed by atoms with E-state index >= 15 is 0 Å². The van der Waals surface area contributed by atoms with Gasteiger partial charge in [0.25, 0.3) is 11.6 Å². The number of nitrogens with one attached hydrogen (secondary N) is 1. The van der Waals surface area contributed by atoms with Gasteiger partial charge in [-0.15, -0.1) is 0 Å². The van der Waals surface area contributed by atoms with Crippen LogP contribution in [0.3, 0.4) is 0 Å². The van der Waals surface area contributed by atoms with Gasteiger partial charge in [0.15, 0.2) is 0 Å². The van der Waals surface area contributed by atoms with E-state index in [0.717, 1.165) is 0 Å². The first-order valence-electron chi connectivity index (χ1n) is 6.33. The van der Waals surface area contributed by atoms with E-state index in [1.165, 1.54) is 24.3 Å². The molecule has 0 bridgehead atoms. The fourth-order valence-corrected chi connectivity index (χ4v) is 2.14. The van der Waals surface area contributed by atoms with Gasteiger partial charge in [0.2, 0.25) is 0 Å². The summed E-state index contributed by atoms with van der Waals surface area (Å²) in [5, 5.41) is 22.4. The number of hydrogen-bond donors (Lipinski definition) is 2. The number of hydrogen-bond acceptors (Lipinski definition) is 5. The molecule has 8 nitrogen and oxygen atoms in total. The van der Waals surface area contributed by atoms with Crippen LogP contribution in [0.25, 0.3) is 0 Å². The van der Waals surface area contributed by atoms with Crippen LogP contribution in [0.2, 0.25) is 0 Å². The third-order valence-corrected chi connectivity index (χ3v) is 3.45. The summed E-state index contributed by atoms with van der Waals surface area (Å²) < 4.78 is 5.11. The van der Waals surface area contributed by atoms with E-state index in [4.69, 9.17) is 4.74 Å². The fraction of sp³-hybridized carbons (Fsp3) is 0.385. The molecule has 0 radical (unpaired) electrons. The topological polar surface area (TPSA) is 119 Å². The van der Waals surface area contributed by atoms with Gasteiger partial charge in [-0.05, 0) is 12.1 Å². The lowest BCUT2D eigenvalue weighted by molar-refractivity contribution is -0.384. The monoisotopic (exact) mass is 294 g/mol. The van der Waals surface area contributed by atoms with Crippen LogP contribution in [-0.2, 0) is 9.53 Å². The number of non-ortho nitro benzene ring substituents is 1. The fourth-order valence-electron chi connectivity index (χ4n) is 2.14. The van der Waals surface area contributed by atoms with Gasteiger partial charge < -0.3 is 15.2 Å². The predicted octanol–water partition coefficient (Wildman–Crippen LogP) is 0.958. The minimum Gasteiger partial charge on any atom is -0.480 e. The Morgan fingerprint density at radius 1 is 1.24 bits per heavy atom. The molecule has 2 rings (SSSR count). The summed E-state index contributed by atoms with van der Waals surface area (Å²) in [6.45, 7) is 0.514. The molecule has 1 heterocycles. The van der Waals surface area contributed by atoms with E-state index in [-0.39, 0.29) is 37.3 Å². The first-order valence-corrected chi connectivity index (χ1v) is 6.33. The van der Waals surface area contributed by atoms with E-state index in [0.29, 0.717) is 0 Å². The Balaban J connectivity index is 2.15. The molecule has 1 saturated heterocycles. The number of nitrogens with zero attached hydrogens (tertiary/aromatic N) is 1. The molecule has 1 fully saturated rings. The number of rotatable bonds is 4. The van der Waals surface area contributed by atoms with Gasteiger partial charge in [0, 0.05) is 43.8 Å². The number of carboxylic acids is 1. The highest BCUT2D eigenvalue weighted by Gasteiger charge is 2.41. The Morgan fingerprint density at radius 3 is 2.29 bits per heavy atom. The van der Waals surface area contributed by atoms with E-state index < -0.39 is 22.3 Å². The van der Waals surface area contributed by atoms with E-state index in [9.17, 15) is 24.8 Å². The molecule has 0 aromatic heterocycles. The molecule has 112 valence electrons. The summed E-state index contributed by atoms with van der Waals surface area (Å²) in [5.41, 5.74) is -1.31. The van der Waals surface area contributed by atoms with Gasteiger partial charge in [-0.2, -0.15) is 0 Å². The Morgan fingerprint density at radius 2 is 1.81 bits per heavy atom. The van der Waals surface area contributed by atoms with Crippen LogP contribution in [0.15, 0.2) is 24.3 Å². The van der Waals surface area contributed by atoms with Crippen molar-refractivity contribution in [2.75, 3.05) is 13.2 Å². The summed E-state index contributed by atoms with van der Waals surface area (Å²) >= 11 is 0. The van der Waals surface area contributed by atoms with Crippen LogP contribution >= 0.6 is 0 Å². The van der Waals surface area contributed by atoms with Crippen LogP contribution in [0.1, 0.15) is 23.2 Å². The first-order chi connectivity index (χ1) is 9.94. The zero-order chi connectivity index (χ0) is 15.5. The van der Waals surface area contributed by atoms with Crippen molar-refractivity contribution in [1.82, 2.24) is 5.32 Å². The number of carboxylic acid groups (broad SMARTS) is 1. The summed E-state index contributed by atoms with van der Waals surface area (Å²) in [6.07, 6.45) is 0.363. The lowest BCUT2D eigenvalue weighted by Crippen LogP contribution is -2.57. The lowest BCUT2D eigenvalue weighted by Gasteiger charge is -2.33. The van der Waals surface area contributed by atoms with E-state index in [1.807, 2.05) is 0 Å². The minimum absolute atomic E-state index is 0.134. The maximum Gasteiger partial charge on any atom is 0.329 e. The SMILES string of the molecule is O=C(NC1(C(=O)O)CCOCC1)c1ccc([N+](=O)[O-])cc1. The van der Waals surface area contributed by atoms with Gasteiger partial charge in [-0.1, -0.05) is 0 Å². The maximum atomic E-state index is 12.1. The van der Waals surface area contributed by atoms with E-state index in [1.54, 1.807) is 0 Å². The van der Waals surface area contributed by atoms with Crippen molar-refractivity contribution < 1.29 is 24.4 Å². The zero-order valence-electron chi connectivity index (χ0n) is 11.1. The van der Waals surface area contributed by atoms with Crippen molar-refractivity contribution in [2.24, 2.45) is 0 Å². The molecule has 1 aromatic rings. The summed E-state index contributed by atoms with van der Waals surface area (Å²) in [4.78, 5) is 33.5. The van der Waals surface area contributed by atoms with Gasteiger partial charge in [0.1, 0.15) is 5.54 Å². The molecule has 0 atom stereocenters. The molecule has 0 saturated carbocycles. The Kier molecular flexibility index (Phi) is 4.18. The second kappa shape index (κ2) is 5.88. The zero-order valence-corrected chi connectivity index (χ0v) is 11.1. The molecular formula is C13H14N2O6. The number of nitro groups is 1. The maximum absolute atomic E-state index is 12.1.